The third-order valence-electron chi connectivity index (χ3n) is 6.81. The highest BCUT2D eigenvalue weighted by atomic mass is 35.5. The number of piperidine rings is 1. The van der Waals surface area contributed by atoms with Crippen molar-refractivity contribution in [2.75, 3.05) is 30.8 Å². The Hall–Kier alpha value is -3.23. The second kappa shape index (κ2) is 7.67. The first-order chi connectivity index (χ1) is 16.0. The van der Waals surface area contributed by atoms with Gasteiger partial charge in [-0.3, -0.25) is 9.69 Å². The number of amides is 1. The molecule has 2 saturated carbocycles. The van der Waals surface area contributed by atoms with Gasteiger partial charge in [0.1, 0.15) is 23.7 Å². The Labute approximate surface area is 194 Å². The highest BCUT2D eigenvalue weighted by molar-refractivity contribution is 6.31. The molecular weight excluding hydrogens is 445 g/mol. The second-order valence-electron chi connectivity index (χ2n) is 8.70. The molecule has 4 aliphatic rings. The van der Waals surface area contributed by atoms with Crippen molar-refractivity contribution >= 4 is 45.6 Å². The zero-order chi connectivity index (χ0) is 22.7. The first-order valence-corrected chi connectivity index (χ1v) is 11.2. The minimum absolute atomic E-state index is 0.00677. The maximum absolute atomic E-state index is 13.5. The minimum Gasteiger partial charge on any atom is -0.494 e. The molecule has 168 valence electrons. The maximum atomic E-state index is 13.5. The Morgan fingerprint density at radius 1 is 1.30 bits per heavy atom. The van der Waals surface area contributed by atoms with Gasteiger partial charge in [0.15, 0.2) is 0 Å². The van der Waals surface area contributed by atoms with Gasteiger partial charge >= 0.3 is 0 Å². The predicted octanol–water partition coefficient (Wildman–Crippen LogP) is 4.23. The number of ether oxygens (including phenoxy) is 1. The topological polar surface area (TPSA) is 79.4 Å². The summed E-state index contributed by atoms with van der Waals surface area (Å²) in [6, 6.07) is 8.59. The van der Waals surface area contributed by atoms with Crippen molar-refractivity contribution in [2.45, 2.75) is 6.04 Å². The fraction of sp³-hybridized carbons (Fsp3) is 0.292. The van der Waals surface area contributed by atoms with Gasteiger partial charge in [-0.1, -0.05) is 17.7 Å². The Morgan fingerprint density at radius 3 is 2.88 bits per heavy atom. The summed E-state index contributed by atoms with van der Waals surface area (Å²) < 4.78 is 19.0. The molecule has 2 aliphatic carbocycles. The number of nitrogens with zero attached hydrogens (tertiary/aromatic N) is 3. The van der Waals surface area contributed by atoms with E-state index < -0.39 is 5.82 Å². The van der Waals surface area contributed by atoms with Crippen LogP contribution in [0.4, 0.5) is 21.6 Å². The molecule has 33 heavy (non-hydrogen) atoms. The van der Waals surface area contributed by atoms with Crippen molar-refractivity contribution < 1.29 is 13.9 Å². The van der Waals surface area contributed by atoms with Crippen molar-refractivity contribution in [3.63, 3.8) is 0 Å². The van der Waals surface area contributed by atoms with E-state index in [1.54, 1.807) is 24.3 Å². The summed E-state index contributed by atoms with van der Waals surface area (Å²) in [5.41, 5.74) is 1.71. The number of carbonyl (C=O) groups excluding carboxylic acids is 1. The molecule has 2 aliphatic heterocycles. The third kappa shape index (κ3) is 3.59. The van der Waals surface area contributed by atoms with Crippen LogP contribution < -0.4 is 15.4 Å². The van der Waals surface area contributed by atoms with Crippen LogP contribution in [0.25, 0.3) is 10.9 Å². The van der Waals surface area contributed by atoms with Gasteiger partial charge in [-0.25, -0.2) is 14.4 Å². The molecule has 2 saturated heterocycles. The normalized spacial score (nSPS) is 24.7. The monoisotopic (exact) mass is 465 g/mol. The molecule has 9 heteroatoms. The number of hydrogen-bond acceptors (Lipinski definition) is 6. The molecule has 2 aromatic carbocycles. The zero-order valence-electron chi connectivity index (χ0n) is 17.8. The summed E-state index contributed by atoms with van der Waals surface area (Å²) in [7, 11) is 1.54. The van der Waals surface area contributed by atoms with E-state index in [0.717, 1.165) is 30.3 Å². The minimum atomic E-state index is -0.500. The molecule has 2 atom stereocenters. The van der Waals surface area contributed by atoms with Crippen LogP contribution >= 0.6 is 11.6 Å². The quantitative estimate of drug-likeness (QED) is 0.508. The molecule has 7 nitrogen and oxygen atoms in total. The van der Waals surface area contributed by atoms with E-state index in [9.17, 15) is 9.18 Å². The molecule has 3 aromatic rings. The van der Waals surface area contributed by atoms with Gasteiger partial charge in [-0.05, 0) is 42.0 Å². The number of rotatable bonds is 7. The van der Waals surface area contributed by atoms with Gasteiger partial charge < -0.3 is 15.4 Å². The number of halogens is 2. The molecule has 0 spiro atoms. The Kier molecular flexibility index (Phi) is 4.74. The lowest BCUT2D eigenvalue weighted by Gasteiger charge is -2.14. The number of fused-ring (bicyclic) bond motifs is 2. The van der Waals surface area contributed by atoms with Gasteiger partial charge in [-0.15, -0.1) is 0 Å². The predicted molar refractivity (Wildman–Crippen MR) is 124 cm³/mol. The van der Waals surface area contributed by atoms with E-state index in [4.69, 9.17) is 16.3 Å². The van der Waals surface area contributed by atoms with Crippen LogP contribution in [0, 0.1) is 23.6 Å². The van der Waals surface area contributed by atoms with E-state index in [0.29, 0.717) is 33.8 Å². The molecule has 4 fully saturated rings. The van der Waals surface area contributed by atoms with E-state index >= 15 is 0 Å². The molecule has 7 rings (SSSR count). The molecule has 3 heterocycles. The van der Waals surface area contributed by atoms with Crippen LogP contribution in [0.5, 0.6) is 5.75 Å². The van der Waals surface area contributed by atoms with Crippen molar-refractivity contribution in [3.05, 3.63) is 59.7 Å². The smallest absolute Gasteiger partial charge is 0.248 e. The number of carbonyl (C=O) groups is 1. The lowest BCUT2D eigenvalue weighted by Crippen LogP contribution is -2.21. The fourth-order valence-electron chi connectivity index (χ4n) is 5.08. The van der Waals surface area contributed by atoms with Crippen molar-refractivity contribution in [1.82, 2.24) is 14.9 Å². The SMILES string of the molecule is COc1cc2ncnc(Nc3ccc(F)c(Cl)c3)c2cc1NC(=O)/C=C/CN1CC2C3C2C31. The van der Waals surface area contributed by atoms with Crippen LogP contribution in [0.1, 0.15) is 0 Å². The highest BCUT2D eigenvalue weighted by Crippen LogP contribution is 2.75. The molecule has 2 N–H and O–H groups in total. The Bertz CT molecular complexity index is 1300. The first kappa shape index (κ1) is 20.4. The molecule has 2 bridgehead atoms. The number of aromatic nitrogens is 2. The van der Waals surface area contributed by atoms with Crippen LogP contribution in [0.3, 0.4) is 0 Å². The molecule has 1 aromatic heterocycles. The van der Waals surface area contributed by atoms with Gasteiger partial charge in [0, 0.05) is 42.3 Å². The average Bonchev–Trinajstić information content (AvgIpc) is 3.63. The average molecular weight is 466 g/mol. The van der Waals surface area contributed by atoms with E-state index in [1.165, 1.54) is 32.1 Å². The van der Waals surface area contributed by atoms with Gasteiger partial charge in [0.05, 0.1) is 23.3 Å². The molecule has 2 unspecified atom stereocenters. The van der Waals surface area contributed by atoms with Gasteiger partial charge in [0.25, 0.3) is 0 Å². The number of nitrogens with one attached hydrogen (secondary N) is 2. The molecule has 1 amide bonds. The summed E-state index contributed by atoms with van der Waals surface area (Å²) in [5.74, 6) is 3.07. The summed E-state index contributed by atoms with van der Waals surface area (Å²) in [6.07, 6.45) is 4.90. The van der Waals surface area contributed by atoms with Crippen molar-refractivity contribution in [1.29, 1.82) is 0 Å². The summed E-state index contributed by atoms with van der Waals surface area (Å²) in [6.45, 7) is 1.97. The second-order valence-corrected chi connectivity index (χ2v) is 9.11. The summed E-state index contributed by atoms with van der Waals surface area (Å²) in [4.78, 5) is 23.6. The van der Waals surface area contributed by atoms with Crippen LogP contribution in [0.2, 0.25) is 5.02 Å². The lowest BCUT2D eigenvalue weighted by molar-refractivity contribution is -0.111. The summed E-state index contributed by atoms with van der Waals surface area (Å²) >= 11 is 5.89. The van der Waals surface area contributed by atoms with Crippen molar-refractivity contribution in [2.24, 2.45) is 17.8 Å². The maximum Gasteiger partial charge on any atom is 0.248 e. The van der Waals surface area contributed by atoms with E-state index in [1.807, 2.05) is 6.08 Å². The largest absolute Gasteiger partial charge is 0.494 e. The van der Waals surface area contributed by atoms with E-state index in [-0.39, 0.29) is 10.9 Å². The molecule has 0 radical (unpaired) electrons. The van der Waals surface area contributed by atoms with Crippen LogP contribution in [-0.4, -0.2) is 47.0 Å². The number of methoxy groups -OCH3 is 1. The Balaban J connectivity index is 1.22. The Morgan fingerprint density at radius 2 is 2.15 bits per heavy atom. The zero-order valence-corrected chi connectivity index (χ0v) is 18.5. The van der Waals surface area contributed by atoms with Crippen LogP contribution in [-0.2, 0) is 4.79 Å². The van der Waals surface area contributed by atoms with Crippen molar-refractivity contribution in [3.8, 4) is 5.75 Å². The first-order valence-electron chi connectivity index (χ1n) is 10.8. The number of anilines is 3. The highest BCUT2D eigenvalue weighted by Gasteiger charge is 2.79. The van der Waals surface area contributed by atoms with Gasteiger partial charge in [0.2, 0.25) is 5.91 Å². The van der Waals surface area contributed by atoms with Crippen LogP contribution in [0.15, 0.2) is 48.8 Å². The lowest BCUT2D eigenvalue weighted by atomic mass is 10.1. The van der Waals surface area contributed by atoms with E-state index in [2.05, 4.69) is 25.5 Å². The third-order valence-corrected chi connectivity index (χ3v) is 7.10. The fourth-order valence-corrected chi connectivity index (χ4v) is 5.26. The standard InChI is InChI=1S/C24H21ClFN5O2/c1-33-19-9-17-13(24(28-11-27-17)29-12-4-5-16(26)15(25)7-12)8-18(19)30-20(32)3-2-6-31-10-14-21-22(14)23(21)31/h2-5,7-9,11,14,21-23H,6,10H2,1H3,(H,30,32)(H,27,28,29)/b3-2+. The molecular formula is C24H21ClFN5O2. The number of benzene rings is 2. The summed E-state index contributed by atoms with van der Waals surface area (Å²) in [5, 5.41) is 6.69. The van der Waals surface area contributed by atoms with Gasteiger partial charge in [-0.2, -0.15) is 0 Å². The number of hydrogen-bond donors (Lipinski definition) is 2.